The average molecular weight is 751 g/mol. The lowest BCUT2D eigenvalue weighted by Crippen LogP contribution is -2.55. The molecular weight excluding hydrogens is 701 g/mol. The summed E-state index contributed by atoms with van der Waals surface area (Å²) in [6.07, 6.45) is 14.1. The van der Waals surface area contributed by atoms with Crippen molar-refractivity contribution in [2.75, 3.05) is 17.1 Å². The highest BCUT2D eigenvalue weighted by Crippen LogP contribution is 2.60. The molecule has 0 aromatic heterocycles. The Morgan fingerprint density at radius 1 is 0.863 bits per heavy atom. The van der Waals surface area contributed by atoms with Gasteiger partial charge in [0.2, 0.25) is 21.8 Å². The highest BCUT2D eigenvalue weighted by Gasteiger charge is 2.51. The van der Waals surface area contributed by atoms with Gasteiger partial charge in [-0.25, -0.2) is 8.42 Å². The number of nitrogens with one attached hydrogen (secondary N) is 1. The van der Waals surface area contributed by atoms with Crippen LogP contribution in [0.15, 0.2) is 72.8 Å². The Morgan fingerprint density at radius 3 is 2.08 bits per heavy atom. The molecule has 0 saturated heterocycles. The molecule has 5 fully saturated rings. The molecule has 5 aliphatic carbocycles. The van der Waals surface area contributed by atoms with Crippen molar-refractivity contribution in [2.24, 2.45) is 17.8 Å². The van der Waals surface area contributed by atoms with Crippen molar-refractivity contribution in [3.63, 3.8) is 0 Å². The van der Waals surface area contributed by atoms with E-state index in [2.05, 4.69) is 17.4 Å². The maximum atomic E-state index is 14.7. The van der Waals surface area contributed by atoms with Crippen LogP contribution in [0.5, 0.6) is 0 Å². The molecule has 3 aromatic carbocycles. The molecule has 0 spiro atoms. The Labute approximate surface area is 313 Å². The van der Waals surface area contributed by atoms with Crippen molar-refractivity contribution in [1.82, 2.24) is 10.2 Å². The fourth-order valence-electron chi connectivity index (χ4n) is 9.99. The molecular formula is C41H49Cl2N3O4S. The van der Waals surface area contributed by atoms with E-state index in [1.165, 1.54) is 53.3 Å². The topological polar surface area (TPSA) is 86.8 Å². The zero-order valence-electron chi connectivity index (χ0n) is 29.4. The van der Waals surface area contributed by atoms with Gasteiger partial charge in [-0.1, -0.05) is 91.0 Å². The number of benzene rings is 3. The van der Waals surface area contributed by atoms with Crippen molar-refractivity contribution < 1.29 is 18.0 Å². The molecule has 2 amide bonds. The van der Waals surface area contributed by atoms with Crippen LogP contribution in [0, 0.1) is 17.8 Å². The fourth-order valence-corrected chi connectivity index (χ4v) is 11.3. The summed E-state index contributed by atoms with van der Waals surface area (Å²) in [6.45, 7) is -0.449. The number of hydrogen-bond donors (Lipinski definition) is 1. The first-order valence-corrected chi connectivity index (χ1v) is 21.2. The number of halogens is 2. The summed E-state index contributed by atoms with van der Waals surface area (Å²) >= 11 is 12.9. The molecule has 272 valence electrons. The summed E-state index contributed by atoms with van der Waals surface area (Å²) < 4.78 is 28.1. The molecule has 0 aliphatic heterocycles. The summed E-state index contributed by atoms with van der Waals surface area (Å²) in [4.78, 5) is 30.4. The van der Waals surface area contributed by atoms with Crippen LogP contribution in [0.3, 0.4) is 0 Å². The number of sulfonamides is 1. The van der Waals surface area contributed by atoms with Crippen LogP contribution < -0.4 is 9.62 Å². The van der Waals surface area contributed by atoms with Crippen LogP contribution in [-0.4, -0.2) is 50.0 Å². The van der Waals surface area contributed by atoms with Gasteiger partial charge in [0.15, 0.2) is 0 Å². The Kier molecular flexibility index (Phi) is 10.8. The average Bonchev–Trinajstić information content (AvgIpc) is 3.09. The second-order valence-corrected chi connectivity index (χ2v) is 18.6. The smallest absolute Gasteiger partial charge is 0.244 e. The van der Waals surface area contributed by atoms with Gasteiger partial charge in [0.1, 0.15) is 12.6 Å². The summed E-state index contributed by atoms with van der Waals surface area (Å²) in [7, 11) is -3.88. The minimum absolute atomic E-state index is 0.00693. The number of hydrogen-bond acceptors (Lipinski definition) is 4. The van der Waals surface area contributed by atoms with Gasteiger partial charge in [0, 0.05) is 29.1 Å². The summed E-state index contributed by atoms with van der Waals surface area (Å²) in [5, 5.41) is 4.06. The normalized spacial score (nSPS) is 25.0. The Balaban J connectivity index is 1.20. The lowest BCUT2D eigenvalue weighted by atomic mass is 9.48. The molecule has 8 rings (SSSR count). The summed E-state index contributed by atoms with van der Waals surface area (Å²) in [5.74, 6) is 1.63. The molecule has 0 heterocycles. The van der Waals surface area contributed by atoms with Crippen LogP contribution in [0.4, 0.5) is 5.69 Å². The molecule has 0 radical (unpaired) electrons. The minimum atomic E-state index is -3.88. The van der Waals surface area contributed by atoms with Crippen LogP contribution >= 0.6 is 23.2 Å². The Morgan fingerprint density at radius 2 is 1.49 bits per heavy atom. The van der Waals surface area contributed by atoms with E-state index < -0.39 is 28.5 Å². The van der Waals surface area contributed by atoms with E-state index >= 15 is 0 Å². The van der Waals surface area contributed by atoms with E-state index in [9.17, 15) is 18.0 Å². The van der Waals surface area contributed by atoms with Gasteiger partial charge < -0.3 is 10.2 Å². The molecule has 10 heteroatoms. The largest absolute Gasteiger partial charge is 0.352 e. The second kappa shape index (κ2) is 15.1. The van der Waals surface area contributed by atoms with E-state index in [1.54, 1.807) is 18.2 Å². The van der Waals surface area contributed by atoms with E-state index in [-0.39, 0.29) is 30.3 Å². The third-order valence-electron chi connectivity index (χ3n) is 12.1. The van der Waals surface area contributed by atoms with Crippen molar-refractivity contribution in [1.29, 1.82) is 0 Å². The number of rotatable bonds is 12. The zero-order valence-corrected chi connectivity index (χ0v) is 31.7. The minimum Gasteiger partial charge on any atom is -0.352 e. The highest BCUT2D eigenvalue weighted by molar-refractivity contribution is 7.92. The zero-order chi connectivity index (χ0) is 35.8. The van der Waals surface area contributed by atoms with Gasteiger partial charge in [0.25, 0.3) is 0 Å². The predicted octanol–water partition coefficient (Wildman–Crippen LogP) is 8.32. The number of carbonyl (C=O) groups is 2. The molecule has 4 bridgehead atoms. The summed E-state index contributed by atoms with van der Waals surface area (Å²) in [5.41, 5.74) is 3.40. The monoisotopic (exact) mass is 749 g/mol. The Hall–Kier alpha value is -3.07. The maximum Gasteiger partial charge on any atom is 0.244 e. The van der Waals surface area contributed by atoms with E-state index in [0.717, 1.165) is 61.7 Å². The molecule has 5 saturated carbocycles. The molecule has 1 N–H and O–H groups in total. The van der Waals surface area contributed by atoms with Crippen LogP contribution in [0.2, 0.25) is 10.0 Å². The number of anilines is 1. The lowest BCUT2D eigenvalue weighted by Gasteiger charge is -2.57. The standard InChI is InChI=1S/C41H49Cl2N3O4S/c1-51(49,50)46(36-16-13-33(14-17-36)41-23-29-18-30(24-41)20-31(19-29)25-41)27-39(47)45(26-32-12-15-34(42)22-37(32)43)38(21-28-8-4-2-5-9-28)40(48)44-35-10-6-3-7-11-35/h2,4-5,8-9,12-17,22,29-31,35,38H,3,6-7,10-11,18-21,23-27H2,1H3,(H,44,48). The van der Waals surface area contributed by atoms with Crippen molar-refractivity contribution >= 4 is 50.7 Å². The SMILES string of the molecule is CS(=O)(=O)N(CC(=O)N(Cc1ccc(Cl)cc1Cl)C(Cc1ccccc1)C(=O)NC1CCCCC1)c1ccc(C23CC4CC(CC(C4)C2)C3)cc1. The first kappa shape index (κ1) is 36.3. The number of carbonyl (C=O) groups excluding carboxylic acids is 2. The van der Waals surface area contributed by atoms with Crippen molar-refractivity contribution in [2.45, 2.75) is 101 Å². The van der Waals surface area contributed by atoms with Gasteiger partial charge in [-0.15, -0.1) is 0 Å². The molecule has 1 unspecified atom stereocenters. The summed E-state index contributed by atoms with van der Waals surface area (Å²) in [6, 6.07) is 21.7. The van der Waals surface area contributed by atoms with Crippen LogP contribution in [0.1, 0.15) is 87.3 Å². The molecule has 1 atom stereocenters. The van der Waals surface area contributed by atoms with Gasteiger partial charge in [-0.05, 0) is 115 Å². The number of amides is 2. The molecule has 7 nitrogen and oxygen atoms in total. The Bertz CT molecular complexity index is 1790. The van der Waals surface area contributed by atoms with Gasteiger partial charge >= 0.3 is 0 Å². The lowest BCUT2D eigenvalue weighted by molar-refractivity contribution is -0.140. The maximum absolute atomic E-state index is 14.7. The third-order valence-corrected chi connectivity index (χ3v) is 13.8. The van der Waals surface area contributed by atoms with Gasteiger partial charge in [-0.2, -0.15) is 0 Å². The molecule has 3 aromatic rings. The van der Waals surface area contributed by atoms with Crippen LogP contribution in [0.25, 0.3) is 0 Å². The third kappa shape index (κ3) is 8.29. The van der Waals surface area contributed by atoms with E-state index in [0.29, 0.717) is 21.3 Å². The fraction of sp³-hybridized carbons (Fsp3) is 0.512. The van der Waals surface area contributed by atoms with E-state index in [1.807, 2.05) is 42.5 Å². The van der Waals surface area contributed by atoms with Crippen LogP contribution in [-0.2, 0) is 38.0 Å². The van der Waals surface area contributed by atoms with Crippen molar-refractivity contribution in [3.8, 4) is 0 Å². The van der Waals surface area contributed by atoms with Gasteiger partial charge in [0.05, 0.1) is 11.9 Å². The van der Waals surface area contributed by atoms with E-state index in [4.69, 9.17) is 23.2 Å². The first-order chi connectivity index (χ1) is 24.5. The second-order valence-electron chi connectivity index (χ2n) is 15.8. The first-order valence-electron chi connectivity index (χ1n) is 18.6. The van der Waals surface area contributed by atoms with Crippen molar-refractivity contribution in [3.05, 3.63) is 99.5 Å². The number of nitrogens with zero attached hydrogens (tertiary/aromatic N) is 2. The van der Waals surface area contributed by atoms with Gasteiger partial charge in [-0.3, -0.25) is 13.9 Å². The predicted molar refractivity (Wildman–Crippen MR) is 204 cm³/mol. The molecule has 5 aliphatic rings. The quantitative estimate of drug-likeness (QED) is 0.202. The highest BCUT2D eigenvalue weighted by atomic mass is 35.5. The molecule has 51 heavy (non-hydrogen) atoms.